The average molecular weight is 938 g/mol. The van der Waals surface area contributed by atoms with Gasteiger partial charge in [-0.2, -0.15) is 0 Å². The van der Waals surface area contributed by atoms with E-state index in [1.807, 2.05) is 0 Å². The van der Waals surface area contributed by atoms with Crippen molar-refractivity contribution in [3.63, 3.8) is 0 Å². The van der Waals surface area contributed by atoms with Crippen molar-refractivity contribution in [2.45, 2.75) is 88.5 Å². The molecule has 2 fully saturated rings. The summed E-state index contributed by atoms with van der Waals surface area (Å²) in [4.78, 5) is 8.03. The van der Waals surface area contributed by atoms with Crippen LogP contribution >= 0.6 is 7.92 Å². The molecule has 15 rings (SSSR count). The number of fused-ring (bicyclic) bond motifs is 11. The lowest BCUT2D eigenvalue weighted by Crippen LogP contribution is -2.56. The van der Waals surface area contributed by atoms with Gasteiger partial charge in [0.15, 0.2) is 5.58 Å². The monoisotopic (exact) mass is 937 g/mol. The Kier molecular flexibility index (Phi) is 9.20. The smallest absolute Gasteiger partial charge is 0.159 e. The second kappa shape index (κ2) is 15.7. The molecule has 3 atom stereocenters. The van der Waals surface area contributed by atoms with E-state index in [-0.39, 0.29) is 11.0 Å². The van der Waals surface area contributed by atoms with Gasteiger partial charge in [-0.25, -0.2) is 0 Å². The third kappa shape index (κ3) is 6.01. The number of nitrogens with zero attached hydrogens (tertiary/aromatic N) is 3. The summed E-state index contributed by atoms with van der Waals surface area (Å²) in [5, 5.41) is 9.18. The number of anilines is 8. The molecule has 5 heteroatoms. The fourth-order valence-electron chi connectivity index (χ4n) is 14.1. The Morgan fingerprint density at radius 1 is 0.549 bits per heavy atom. The van der Waals surface area contributed by atoms with Crippen LogP contribution in [0.3, 0.4) is 0 Å². The van der Waals surface area contributed by atoms with Crippen molar-refractivity contribution >= 4 is 102 Å². The molecular formula is C66H56N3OP. The van der Waals surface area contributed by atoms with E-state index in [0.29, 0.717) is 5.92 Å². The summed E-state index contributed by atoms with van der Waals surface area (Å²) in [5.41, 5.74) is 17.3. The number of hydrogen-bond acceptors (Lipinski definition) is 4. The van der Waals surface area contributed by atoms with Crippen molar-refractivity contribution in [1.82, 2.24) is 0 Å². The number of rotatable bonds is 6. The van der Waals surface area contributed by atoms with Crippen LogP contribution in [0.1, 0.15) is 88.7 Å². The molecule has 0 radical (unpaired) electrons. The molecule has 0 amide bonds. The van der Waals surface area contributed by atoms with Gasteiger partial charge in [-0.05, 0) is 152 Å². The highest BCUT2D eigenvalue weighted by Crippen LogP contribution is 2.66. The third-order valence-corrected chi connectivity index (χ3v) is 20.4. The molecule has 346 valence electrons. The Morgan fingerprint density at radius 3 is 2.20 bits per heavy atom. The van der Waals surface area contributed by atoms with Crippen LogP contribution in [0.2, 0.25) is 0 Å². The minimum Gasteiger partial charge on any atom is -0.454 e. The maximum absolute atomic E-state index is 6.92. The first-order valence-corrected chi connectivity index (χ1v) is 27.5. The summed E-state index contributed by atoms with van der Waals surface area (Å²) in [6, 6.07) is 71.2. The summed E-state index contributed by atoms with van der Waals surface area (Å²) < 4.78 is 6.92. The van der Waals surface area contributed by atoms with Crippen LogP contribution in [0.4, 0.5) is 45.5 Å². The highest BCUT2D eigenvalue weighted by atomic mass is 31.1. The summed E-state index contributed by atoms with van der Waals surface area (Å²) in [6.45, 7) is 5.23. The molecule has 0 spiro atoms. The SMILES string of the molecule is CC12CCCCC1(C)N1c3cc(C4CCCCC4)cc4c3P(c3ccc(N(c5cccc(-c6ccc7ccccc7c6)c5)c5cccc6c5oc5ccccc56)cc3N4c3ccccc3)c3cccc2c31. The zero-order valence-corrected chi connectivity index (χ0v) is 41.4. The van der Waals surface area contributed by atoms with Crippen LogP contribution in [0.5, 0.6) is 0 Å². The van der Waals surface area contributed by atoms with Gasteiger partial charge in [0.25, 0.3) is 0 Å². The van der Waals surface area contributed by atoms with E-state index in [9.17, 15) is 0 Å². The van der Waals surface area contributed by atoms with Crippen LogP contribution < -0.4 is 30.6 Å². The quantitative estimate of drug-likeness (QED) is 0.155. The first-order chi connectivity index (χ1) is 34.9. The van der Waals surface area contributed by atoms with E-state index >= 15 is 0 Å². The minimum absolute atomic E-state index is 0.00859. The zero-order valence-electron chi connectivity index (χ0n) is 40.5. The van der Waals surface area contributed by atoms with Gasteiger partial charge in [-0.1, -0.05) is 154 Å². The van der Waals surface area contributed by atoms with Crippen molar-refractivity contribution < 1.29 is 4.42 Å². The Hall–Kier alpha value is -7.13. The van der Waals surface area contributed by atoms with Crippen LogP contribution in [-0.4, -0.2) is 5.54 Å². The van der Waals surface area contributed by atoms with Crippen LogP contribution in [0, 0.1) is 0 Å². The molecule has 10 aromatic rings. The van der Waals surface area contributed by atoms with E-state index in [0.717, 1.165) is 39.0 Å². The molecule has 4 nitrogen and oxygen atoms in total. The van der Waals surface area contributed by atoms with Gasteiger partial charge in [0.1, 0.15) is 5.58 Å². The van der Waals surface area contributed by atoms with Crippen LogP contribution in [-0.2, 0) is 5.41 Å². The topological polar surface area (TPSA) is 22.9 Å². The molecule has 0 saturated heterocycles. The molecular weight excluding hydrogens is 882 g/mol. The molecule has 1 aromatic heterocycles. The highest BCUT2D eigenvalue weighted by molar-refractivity contribution is 7.81. The molecule has 3 unspecified atom stereocenters. The standard InChI is InChI=1S/C66H56N3OP/c1-65-36-13-14-37-66(65,2)69-58-41-48(43-18-5-3-6-19-43)40-57-64(58)71(61-31-17-28-54(65)62(61)69)60-35-34-51(42-56(60)68(57)49-23-7-4-8-24-49)67(55-29-16-27-53-52-26-11-12-30-59(52)70-63(53)55)50-25-15-22-46(39-50)47-33-32-44-20-9-10-21-45(44)38-47/h4,7-12,15-17,20-35,38-43H,3,5-6,13-14,18-19,36-37H2,1-2H3. The van der Waals surface area contributed by atoms with Gasteiger partial charge in [0.2, 0.25) is 0 Å². The van der Waals surface area contributed by atoms with Crippen molar-refractivity contribution in [2.75, 3.05) is 14.7 Å². The molecule has 5 aliphatic rings. The largest absolute Gasteiger partial charge is 0.454 e. The molecule has 0 bridgehead atoms. The minimum atomic E-state index is -0.926. The first-order valence-electron chi connectivity index (χ1n) is 26.2. The van der Waals surface area contributed by atoms with Crippen molar-refractivity contribution in [3.8, 4) is 11.1 Å². The van der Waals surface area contributed by atoms with Gasteiger partial charge >= 0.3 is 0 Å². The van der Waals surface area contributed by atoms with Gasteiger partial charge in [0, 0.05) is 49.2 Å². The number of benzene rings is 9. The van der Waals surface area contributed by atoms with Gasteiger partial charge in [0.05, 0.1) is 34.0 Å². The zero-order chi connectivity index (χ0) is 47.0. The average Bonchev–Trinajstić information content (AvgIpc) is 3.91. The Bertz CT molecular complexity index is 3790. The van der Waals surface area contributed by atoms with E-state index in [2.05, 4.69) is 217 Å². The molecule has 9 aromatic carbocycles. The molecule has 2 aliphatic carbocycles. The van der Waals surface area contributed by atoms with Gasteiger partial charge < -0.3 is 19.1 Å². The Balaban J connectivity index is 0.996. The normalized spacial score (nSPS) is 21.0. The predicted octanol–water partition coefficient (Wildman–Crippen LogP) is 17.5. The Morgan fingerprint density at radius 2 is 1.30 bits per heavy atom. The maximum Gasteiger partial charge on any atom is 0.159 e. The van der Waals surface area contributed by atoms with E-state index in [4.69, 9.17) is 4.42 Å². The summed E-state index contributed by atoms with van der Waals surface area (Å²) in [7, 11) is -0.926. The lowest BCUT2D eigenvalue weighted by molar-refractivity contribution is 0.195. The molecule has 0 N–H and O–H groups in total. The van der Waals surface area contributed by atoms with Crippen LogP contribution in [0.25, 0.3) is 43.8 Å². The lowest BCUT2D eigenvalue weighted by atomic mass is 9.61. The highest BCUT2D eigenvalue weighted by Gasteiger charge is 2.61. The second-order valence-electron chi connectivity index (χ2n) is 21.4. The summed E-state index contributed by atoms with van der Waals surface area (Å²) in [6.07, 6.45) is 11.5. The van der Waals surface area contributed by atoms with Crippen molar-refractivity contribution in [1.29, 1.82) is 0 Å². The molecule has 71 heavy (non-hydrogen) atoms. The predicted molar refractivity (Wildman–Crippen MR) is 300 cm³/mol. The second-order valence-corrected chi connectivity index (χ2v) is 23.5. The summed E-state index contributed by atoms with van der Waals surface area (Å²) >= 11 is 0. The molecule has 4 heterocycles. The summed E-state index contributed by atoms with van der Waals surface area (Å²) in [5.74, 6) is 0.557. The fourth-order valence-corrected chi connectivity index (χ4v) is 16.9. The van der Waals surface area contributed by atoms with Crippen LogP contribution in [0.15, 0.2) is 192 Å². The van der Waals surface area contributed by atoms with Gasteiger partial charge in [-0.15, -0.1) is 0 Å². The fraction of sp³-hybridized carbons (Fsp3) is 0.212. The Labute approximate surface area is 417 Å². The maximum atomic E-state index is 6.92. The molecule has 2 saturated carbocycles. The van der Waals surface area contributed by atoms with Crippen molar-refractivity contribution in [3.05, 3.63) is 199 Å². The number of hydrogen-bond donors (Lipinski definition) is 0. The lowest BCUT2D eigenvalue weighted by Gasteiger charge is -2.53. The number of para-hydroxylation sites is 4. The van der Waals surface area contributed by atoms with E-state index < -0.39 is 7.92 Å². The van der Waals surface area contributed by atoms with Gasteiger partial charge in [-0.3, -0.25) is 0 Å². The third-order valence-electron chi connectivity index (χ3n) is 17.7. The van der Waals surface area contributed by atoms with E-state index in [1.165, 1.54) is 130 Å². The van der Waals surface area contributed by atoms with Crippen molar-refractivity contribution in [2.24, 2.45) is 0 Å². The first kappa shape index (κ1) is 41.6. The molecule has 3 aliphatic heterocycles. The van der Waals surface area contributed by atoms with E-state index in [1.54, 1.807) is 5.56 Å². The number of furan rings is 1.